The van der Waals surface area contributed by atoms with Crippen LogP contribution in [0.25, 0.3) is 0 Å². The van der Waals surface area contributed by atoms with E-state index >= 15 is 0 Å². The molecule has 0 radical (unpaired) electrons. The highest BCUT2D eigenvalue weighted by atomic mass is 15.3. The monoisotopic (exact) mass is 103 g/mol. The van der Waals surface area contributed by atoms with Crippen molar-refractivity contribution >= 4 is 8.41 Å². The smallest absolute Gasteiger partial charge is 0.0751 e. The molecule has 1 nitrogen and oxygen atoms in total. The van der Waals surface area contributed by atoms with E-state index < -0.39 is 0 Å². The van der Waals surface area contributed by atoms with Crippen molar-refractivity contribution in [1.29, 1.82) is 0 Å². The van der Waals surface area contributed by atoms with Gasteiger partial charge < -0.3 is 4.48 Å². The number of quaternary nitrogens is 1. The van der Waals surface area contributed by atoms with E-state index in [0.717, 1.165) is 4.48 Å². The Balaban J connectivity index is 0. The fourth-order valence-corrected chi connectivity index (χ4v) is 0. The molecule has 2 heteroatoms. The molecule has 0 heterocycles. The van der Waals surface area contributed by atoms with Crippen LogP contribution in [0.3, 0.4) is 0 Å². The summed E-state index contributed by atoms with van der Waals surface area (Å²) in [5, 5.41) is 0. The first-order chi connectivity index (χ1) is 2.56. The van der Waals surface area contributed by atoms with Gasteiger partial charge in [0.25, 0.3) is 0 Å². The maximum Gasteiger partial charge on any atom is 0.0751 e. The van der Waals surface area contributed by atoms with Gasteiger partial charge in [0.05, 0.1) is 27.7 Å². The van der Waals surface area contributed by atoms with E-state index in [1.165, 1.54) is 6.54 Å². The molecular weight excluding hydrogens is 84.9 g/mol. The van der Waals surface area contributed by atoms with Gasteiger partial charge in [-0.1, -0.05) is 8.41 Å². The first-order valence-corrected chi connectivity index (χ1v) is 2.36. The number of hydrogen-bond acceptors (Lipinski definition) is 0. The molecule has 0 aliphatic carbocycles. The summed E-state index contributed by atoms with van der Waals surface area (Å²) in [7, 11) is 6.54. The molecule has 0 aromatic heterocycles. The second-order valence-corrected chi connectivity index (χ2v) is 2.61. The summed E-state index contributed by atoms with van der Waals surface area (Å²) in [6.07, 6.45) is 0. The summed E-state index contributed by atoms with van der Waals surface area (Å²) in [4.78, 5) is 0. The van der Waals surface area contributed by atoms with Gasteiger partial charge in [0.15, 0.2) is 0 Å². The Bertz CT molecular complexity index is 37.8. The highest BCUT2D eigenvalue weighted by Gasteiger charge is 1.97. The SMILES string of the molecule is CC[N+](C)(C)C.[BH4-]. The molecule has 0 spiro atoms. The maximum absolute atomic E-state index is 2.18. The van der Waals surface area contributed by atoms with Gasteiger partial charge in [-0.05, 0) is 6.92 Å². The lowest BCUT2D eigenvalue weighted by molar-refractivity contribution is -0.868. The molecule has 0 unspecified atom stereocenters. The lowest BCUT2D eigenvalue weighted by atomic mass is 10.6. The van der Waals surface area contributed by atoms with E-state index in [9.17, 15) is 0 Å². The summed E-state index contributed by atoms with van der Waals surface area (Å²) >= 11 is 0. The van der Waals surface area contributed by atoms with Crippen LogP contribution >= 0.6 is 0 Å². The van der Waals surface area contributed by atoms with Crippen LogP contribution in [0.15, 0.2) is 0 Å². The van der Waals surface area contributed by atoms with Crippen LogP contribution in [-0.2, 0) is 0 Å². The molecule has 0 aliphatic rings. The third-order valence-electron chi connectivity index (χ3n) is 0.949. The van der Waals surface area contributed by atoms with Gasteiger partial charge >= 0.3 is 0 Å². The van der Waals surface area contributed by atoms with E-state index in [1.807, 2.05) is 0 Å². The Labute approximate surface area is 48.5 Å². The van der Waals surface area contributed by atoms with Gasteiger partial charge in [-0.2, -0.15) is 0 Å². The van der Waals surface area contributed by atoms with Crippen LogP contribution in [0.1, 0.15) is 6.92 Å². The van der Waals surface area contributed by atoms with Crippen molar-refractivity contribution in [3.63, 3.8) is 0 Å². The van der Waals surface area contributed by atoms with Crippen molar-refractivity contribution in [2.45, 2.75) is 6.92 Å². The van der Waals surface area contributed by atoms with Gasteiger partial charge in [0.2, 0.25) is 0 Å². The topological polar surface area (TPSA) is 0 Å². The fraction of sp³-hybridized carbons (Fsp3) is 1.00. The van der Waals surface area contributed by atoms with Crippen molar-refractivity contribution < 1.29 is 4.48 Å². The lowest BCUT2D eigenvalue weighted by Crippen LogP contribution is -2.33. The van der Waals surface area contributed by atoms with Gasteiger partial charge in [-0.3, -0.25) is 0 Å². The molecule has 0 rings (SSSR count). The molecule has 0 aromatic carbocycles. The summed E-state index contributed by atoms with van der Waals surface area (Å²) in [6.45, 7) is 3.39. The maximum atomic E-state index is 2.18. The summed E-state index contributed by atoms with van der Waals surface area (Å²) < 4.78 is 1.07. The second kappa shape index (κ2) is 3.08. The summed E-state index contributed by atoms with van der Waals surface area (Å²) in [5.74, 6) is 0. The normalized spacial score (nSPS) is 10.3. The molecule has 0 fully saturated rings. The average Bonchev–Trinajstić information content (AvgIpc) is 1.35. The van der Waals surface area contributed by atoms with Crippen LogP contribution in [-0.4, -0.2) is 40.6 Å². The van der Waals surface area contributed by atoms with Crippen molar-refractivity contribution in [1.82, 2.24) is 0 Å². The number of nitrogens with zero attached hydrogens (tertiary/aromatic N) is 1. The standard InChI is InChI=1S/C5H14N.BH4/c1-5-6(2,3)4;/h5H2,1-4H3;1H4/q+1;-1. The predicted molar refractivity (Wildman–Crippen MR) is 39.9 cm³/mol. The molecular formula is C5H18BN. The highest BCUT2D eigenvalue weighted by molar-refractivity contribution is 5.75. The molecule has 0 atom stereocenters. The van der Waals surface area contributed by atoms with Crippen molar-refractivity contribution in [2.24, 2.45) is 0 Å². The van der Waals surface area contributed by atoms with E-state index in [1.54, 1.807) is 0 Å². The van der Waals surface area contributed by atoms with Crippen molar-refractivity contribution in [2.75, 3.05) is 27.7 Å². The van der Waals surface area contributed by atoms with Crippen LogP contribution in [0, 0.1) is 0 Å². The lowest BCUT2D eigenvalue weighted by Gasteiger charge is -2.20. The average molecular weight is 103 g/mol. The fourth-order valence-electron chi connectivity index (χ4n) is 0. The molecule has 0 saturated carbocycles. The molecule has 0 bridgehead atoms. The van der Waals surface area contributed by atoms with Crippen LogP contribution < -0.4 is 0 Å². The van der Waals surface area contributed by atoms with E-state index in [0.29, 0.717) is 0 Å². The minimum atomic E-state index is 0. The number of rotatable bonds is 1. The van der Waals surface area contributed by atoms with Crippen LogP contribution in [0.4, 0.5) is 0 Å². The largest absolute Gasteiger partial charge is 0.331 e. The third-order valence-corrected chi connectivity index (χ3v) is 0.949. The van der Waals surface area contributed by atoms with Gasteiger partial charge in [0.1, 0.15) is 0 Å². The van der Waals surface area contributed by atoms with E-state index in [4.69, 9.17) is 0 Å². The predicted octanol–water partition coefficient (Wildman–Crippen LogP) is -0.739. The summed E-state index contributed by atoms with van der Waals surface area (Å²) in [5.41, 5.74) is 0. The number of hydrogen-bond donors (Lipinski definition) is 0. The van der Waals surface area contributed by atoms with Crippen molar-refractivity contribution in [3.8, 4) is 0 Å². The van der Waals surface area contributed by atoms with E-state index in [2.05, 4.69) is 28.1 Å². The molecule has 46 valence electrons. The third kappa shape index (κ3) is 10.7. The van der Waals surface area contributed by atoms with Gasteiger partial charge in [-0.15, -0.1) is 0 Å². The minimum absolute atomic E-state index is 0. The molecule has 7 heavy (non-hydrogen) atoms. The molecule has 0 aromatic rings. The minimum Gasteiger partial charge on any atom is -0.331 e. The highest BCUT2D eigenvalue weighted by Crippen LogP contribution is 1.83. The molecule has 0 saturated heterocycles. The summed E-state index contributed by atoms with van der Waals surface area (Å²) in [6, 6.07) is 0. The second-order valence-electron chi connectivity index (χ2n) is 2.61. The molecule has 0 amide bonds. The Morgan fingerprint density at radius 3 is 1.29 bits per heavy atom. The van der Waals surface area contributed by atoms with Crippen LogP contribution in [0.5, 0.6) is 0 Å². The molecule has 0 N–H and O–H groups in total. The first kappa shape index (κ1) is 10.1. The Hall–Kier alpha value is 0.0249. The Morgan fingerprint density at radius 1 is 1.14 bits per heavy atom. The molecule has 0 aliphatic heterocycles. The first-order valence-electron chi connectivity index (χ1n) is 2.36. The zero-order valence-corrected chi connectivity index (χ0v) is 5.15. The van der Waals surface area contributed by atoms with Crippen LogP contribution in [0.2, 0.25) is 0 Å². The quantitative estimate of drug-likeness (QED) is 0.303. The van der Waals surface area contributed by atoms with Gasteiger partial charge in [0, 0.05) is 0 Å². The van der Waals surface area contributed by atoms with E-state index in [-0.39, 0.29) is 8.41 Å². The van der Waals surface area contributed by atoms with Gasteiger partial charge in [-0.25, -0.2) is 0 Å². The zero-order chi connectivity index (χ0) is 5.21. The Kier molecular flexibility index (Phi) is 4.45. The Morgan fingerprint density at radius 2 is 1.29 bits per heavy atom. The zero-order valence-electron chi connectivity index (χ0n) is 5.15. The van der Waals surface area contributed by atoms with Crippen molar-refractivity contribution in [3.05, 3.63) is 0 Å².